The minimum absolute atomic E-state index is 0.744. The van der Waals surface area contributed by atoms with Gasteiger partial charge in [-0.05, 0) is 49.6 Å². The molecule has 0 heterocycles. The van der Waals surface area contributed by atoms with Crippen molar-refractivity contribution in [3.05, 3.63) is 28.2 Å². The van der Waals surface area contributed by atoms with E-state index >= 15 is 0 Å². The molecule has 17 heavy (non-hydrogen) atoms. The Kier molecular flexibility index (Phi) is 4.86. The lowest BCUT2D eigenvalue weighted by molar-refractivity contribution is 0.408. The summed E-state index contributed by atoms with van der Waals surface area (Å²) in [4.78, 5) is 0. The number of methoxy groups -OCH3 is 1. The predicted octanol–water partition coefficient (Wildman–Crippen LogP) is 3.53. The van der Waals surface area contributed by atoms with Crippen LogP contribution in [-0.2, 0) is 6.42 Å². The molecule has 0 amide bonds. The number of benzene rings is 1. The molecule has 2 nitrogen and oxygen atoms in total. The molecule has 0 bridgehead atoms. The number of hydrogen-bond acceptors (Lipinski definition) is 2. The van der Waals surface area contributed by atoms with E-state index in [-0.39, 0.29) is 0 Å². The Labute approximate surface area is 112 Å². The van der Waals surface area contributed by atoms with E-state index in [0.717, 1.165) is 29.2 Å². The summed E-state index contributed by atoms with van der Waals surface area (Å²) in [7, 11) is 1.73. The summed E-state index contributed by atoms with van der Waals surface area (Å²) in [5.41, 5.74) is 1.27. The molecule has 1 aliphatic carbocycles. The van der Waals surface area contributed by atoms with Gasteiger partial charge in [-0.3, -0.25) is 0 Å². The fourth-order valence-corrected chi connectivity index (χ4v) is 2.89. The monoisotopic (exact) mass is 297 g/mol. The van der Waals surface area contributed by atoms with Gasteiger partial charge in [0.15, 0.2) is 0 Å². The second kappa shape index (κ2) is 6.41. The molecule has 1 N–H and O–H groups in total. The van der Waals surface area contributed by atoms with Crippen LogP contribution >= 0.6 is 15.9 Å². The summed E-state index contributed by atoms with van der Waals surface area (Å²) in [5.74, 6) is 0.987. The first-order valence-electron chi connectivity index (χ1n) is 6.35. The molecular formula is C14H20BrNO. The zero-order valence-corrected chi connectivity index (χ0v) is 11.9. The SMILES string of the molecule is COc1ccc(Br)cc1CCNC1CCCC1. The van der Waals surface area contributed by atoms with Crippen molar-refractivity contribution in [2.75, 3.05) is 13.7 Å². The van der Waals surface area contributed by atoms with Crippen molar-refractivity contribution < 1.29 is 4.74 Å². The standard InChI is InChI=1S/C14H20BrNO/c1-17-14-7-6-12(15)10-11(14)8-9-16-13-4-2-3-5-13/h6-7,10,13,16H,2-5,8-9H2,1H3. The molecule has 0 radical (unpaired) electrons. The number of rotatable bonds is 5. The molecule has 0 spiro atoms. The van der Waals surface area contributed by atoms with Crippen molar-refractivity contribution in [1.29, 1.82) is 0 Å². The van der Waals surface area contributed by atoms with Gasteiger partial charge in [0.2, 0.25) is 0 Å². The summed E-state index contributed by atoms with van der Waals surface area (Å²) >= 11 is 3.51. The van der Waals surface area contributed by atoms with E-state index in [4.69, 9.17) is 4.74 Å². The van der Waals surface area contributed by atoms with E-state index in [9.17, 15) is 0 Å². The third-order valence-electron chi connectivity index (χ3n) is 3.42. The lowest BCUT2D eigenvalue weighted by atomic mass is 10.1. The molecule has 1 aromatic carbocycles. The predicted molar refractivity (Wildman–Crippen MR) is 74.7 cm³/mol. The van der Waals surface area contributed by atoms with Crippen LogP contribution in [0.15, 0.2) is 22.7 Å². The lowest BCUT2D eigenvalue weighted by Gasteiger charge is -2.13. The van der Waals surface area contributed by atoms with Crippen molar-refractivity contribution >= 4 is 15.9 Å². The van der Waals surface area contributed by atoms with Crippen LogP contribution in [0.25, 0.3) is 0 Å². The summed E-state index contributed by atoms with van der Waals surface area (Å²) in [6.07, 6.45) is 6.49. The fourth-order valence-electron chi connectivity index (χ4n) is 2.48. The molecule has 94 valence electrons. The third kappa shape index (κ3) is 3.71. The van der Waals surface area contributed by atoms with Gasteiger partial charge in [-0.15, -0.1) is 0 Å². The number of halogens is 1. The normalized spacial score (nSPS) is 16.4. The molecule has 0 unspecified atom stereocenters. The lowest BCUT2D eigenvalue weighted by Crippen LogP contribution is -2.28. The highest BCUT2D eigenvalue weighted by molar-refractivity contribution is 9.10. The number of nitrogens with one attached hydrogen (secondary N) is 1. The van der Waals surface area contributed by atoms with E-state index in [2.05, 4.69) is 27.3 Å². The molecule has 1 fully saturated rings. The molecule has 0 saturated heterocycles. The van der Waals surface area contributed by atoms with Crippen LogP contribution in [0.2, 0.25) is 0 Å². The van der Waals surface area contributed by atoms with E-state index in [1.165, 1.54) is 31.2 Å². The van der Waals surface area contributed by atoms with Crippen LogP contribution in [0.4, 0.5) is 0 Å². The molecule has 1 saturated carbocycles. The van der Waals surface area contributed by atoms with E-state index in [1.807, 2.05) is 12.1 Å². The largest absolute Gasteiger partial charge is 0.496 e. The topological polar surface area (TPSA) is 21.3 Å². The van der Waals surface area contributed by atoms with Gasteiger partial charge in [-0.2, -0.15) is 0 Å². The zero-order valence-electron chi connectivity index (χ0n) is 10.3. The summed E-state index contributed by atoms with van der Waals surface area (Å²) in [6, 6.07) is 6.94. The van der Waals surface area contributed by atoms with Crippen LogP contribution in [0.3, 0.4) is 0 Å². The third-order valence-corrected chi connectivity index (χ3v) is 3.92. The Hall–Kier alpha value is -0.540. The number of hydrogen-bond donors (Lipinski definition) is 1. The van der Waals surface area contributed by atoms with Crippen molar-refractivity contribution in [1.82, 2.24) is 5.32 Å². The Morgan fingerprint density at radius 2 is 2.12 bits per heavy atom. The Balaban J connectivity index is 1.86. The van der Waals surface area contributed by atoms with Crippen LogP contribution in [-0.4, -0.2) is 19.7 Å². The maximum atomic E-state index is 5.37. The molecule has 0 aromatic heterocycles. The van der Waals surface area contributed by atoms with E-state index < -0.39 is 0 Å². The van der Waals surface area contributed by atoms with Crippen molar-refractivity contribution in [2.45, 2.75) is 38.1 Å². The molecular weight excluding hydrogens is 278 g/mol. The van der Waals surface area contributed by atoms with Gasteiger partial charge in [-0.1, -0.05) is 28.8 Å². The average molecular weight is 298 g/mol. The van der Waals surface area contributed by atoms with Crippen molar-refractivity contribution in [2.24, 2.45) is 0 Å². The first kappa shape index (κ1) is 12.9. The molecule has 2 rings (SSSR count). The zero-order chi connectivity index (χ0) is 12.1. The van der Waals surface area contributed by atoms with Gasteiger partial charge in [0, 0.05) is 10.5 Å². The van der Waals surface area contributed by atoms with Gasteiger partial charge in [0.05, 0.1) is 7.11 Å². The van der Waals surface area contributed by atoms with Crippen LogP contribution in [0.5, 0.6) is 5.75 Å². The second-order valence-electron chi connectivity index (χ2n) is 4.64. The van der Waals surface area contributed by atoms with Crippen molar-refractivity contribution in [3.63, 3.8) is 0 Å². The van der Waals surface area contributed by atoms with E-state index in [1.54, 1.807) is 7.11 Å². The Morgan fingerprint density at radius 3 is 2.82 bits per heavy atom. The highest BCUT2D eigenvalue weighted by Gasteiger charge is 2.13. The quantitative estimate of drug-likeness (QED) is 0.898. The van der Waals surface area contributed by atoms with Gasteiger partial charge in [0.1, 0.15) is 5.75 Å². The molecule has 3 heteroatoms. The molecule has 1 aliphatic rings. The first-order valence-corrected chi connectivity index (χ1v) is 7.14. The average Bonchev–Trinajstić information content (AvgIpc) is 2.82. The van der Waals surface area contributed by atoms with Gasteiger partial charge in [-0.25, -0.2) is 0 Å². The smallest absolute Gasteiger partial charge is 0.122 e. The van der Waals surface area contributed by atoms with Crippen LogP contribution in [0.1, 0.15) is 31.2 Å². The van der Waals surface area contributed by atoms with Gasteiger partial charge < -0.3 is 10.1 Å². The van der Waals surface area contributed by atoms with Gasteiger partial charge >= 0.3 is 0 Å². The molecule has 0 atom stereocenters. The summed E-state index contributed by atoms with van der Waals surface area (Å²) < 4.78 is 6.49. The fraction of sp³-hybridized carbons (Fsp3) is 0.571. The molecule has 1 aromatic rings. The maximum absolute atomic E-state index is 5.37. The minimum Gasteiger partial charge on any atom is -0.496 e. The number of ether oxygens (including phenoxy) is 1. The van der Waals surface area contributed by atoms with Gasteiger partial charge in [0.25, 0.3) is 0 Å². The minimum atomic E-state index is 0.744. The Bertz CT molecular complexity index is 361. The van der Waals surface area contributed by atoms with Crippen molar-refractivity contribution in [3.8, 4) is 5.75 Å². The van der Waals surface area contributed by atoms with Crippen LogP contribution < -0.4 is 10.1 Å². The second-order valence-corrected chi connectivity index (χ2v) is 5.56. The summed E-state index contributed by atoms with van der Waals surface area (Å²) in [6.45, 7) is 1.04. The summed E-state index contributed by atoms with van der Waals surface area (Å²) in [5, 5.41) is 3.63. The first-order chi connectivity index (χ1) is 8.29. The molecule has 0 aliphatic heterocycles. The van der Waals surface area contributed by atoms with E-state index in [0.29, 0.717) is 0 Å². The highest BCUT2D eigenvalue weighted by atomic mass is 79.9. The highest BCUT2D eigenvalue weighted by Crippen LogP contribution is 2.23. The Morgan fingerprint density at radius 1 is 1.35 bits per heavy atom. The van der Waals surface area contributed by atoms with Crippen LogP contribution in [0, 0.1) is 0 Å². The maximum Gasteiger partial charge on any atom is 0.122 e.